The molecule has 100 valence electrons. The summed E-state index contributed by atoms with van der Waals surface area (Å²) in [5, 5.41) is 24.2. The van der Waals surface area contributed by atoms with Crippen LogP contribution >= 0.6 is 0 Å². The second-order valence-corrected chi connectivity index (χ2v) is 4.56. The summed E-state index contributed by atoms with van der Waals surface area (Å²) in [6.45, 7) is 1.40. The smallest absolute Gasteiger partial charge is 0.333 e. The van der Waals surface area contributed by atoms with Crippen LogP contribution in [0.5, 0.6) is 0 Å². The fourth-order valence-electron chi connectivity index (χ4n) is 2.25. The third kappa shape index (κ3) is 2.10. The topological polar surface area (TPSA) is 96.8 Å². The molecule has 0 unspecified atom stereocenters. The van der Waals surface area contributed by atoms with E-state index >= 15 is 0 Å². The standard InChI is InChI=1S/C11H13N5O3/c17-8-1-4-14(5-2-8)10-3-6-15-11(13-10)9(7-12-15)16(18)19/h3,6-8,17H,1-2,4-5H2. The molecule has 0 spiro atoms. The molecule has 0 amide bonds. The number of nitrogens with zero attached hydrogens (tertiary/aromatic N) is 5. The number of anilines is 1. The van der Waals surface area contributed by atoms with Crippen LogP contribution in [-0.2, 0) is 0 Å². The molecule has 1 fully saturated rings. The number of aliphatic hydroxyl groups is 1. The lowest BCUT2D eigenvalue weighted by Crippen LogP contribution is -2.36. The van der Waals surface area contributed by atoms with E-state index in [4.69, 9.17) is 0 Å². The zero-order valence-electron chi connectivity index (χ0n) is 10.1. The molecule has 1 N–H and O–H groups in total. The van der Waals surface area contributed by atoms with Crippen molar-refractivity contribution < 1.29 is 10.0 Å². The monoisotopic (exact) mass is 263 g/mol. The predicted molar refractivity (Wildman–Crippen MR) is 67.1 cm³/mol. The number of aliphatic hydroxyl groups excluding tert-OH is 1. The van der Waals surface area contributed by atoms with Crippen molar-refractivity contribution in [2.24, 2.45) is 0 Å². The van der Waals surface area contributed by atoms with Gasteiger partial charge in [-0.25, -0.2) is 9.50 Å². The van der Waals surface area contributed by atoms with Crippen LogP contribution in [0.2, 0.25) is 0 Å². The van der Waals surface area contributed by atoms with E-state index in [1.807, 2.05) is 4.90 Å². The van der Waals surface area contributed by atoms with Gasteiger partial charge >= 0.3 is 5.69 Å². The van der Waals surface area contributed by atoms with Crippen molar-refractivity contribution in [2.45, 2.75) is 18.9 Å². The summed E-state index contributed by atoms with van der Waals surface area (Å²) in [6.07, 6.45) is 3.98. The second kappa shape index (κ2) is 4.47. The van der Waals surface area contributed by atoms with Crippen molar-refractivity contribution >= 4 is 17.2 Å². The number of fused-ring (bicyclic) bond motifs is 1. The van der Waals surface area contributed by atoms with E-state index in [2.05, 4.69) is 10.1 Å². The van der Waals surface area contributed by atoms with Gasteiger partial charge in [0.15, 0.2) is 0 Å². The summed E-state index contributed by atoms with van der Waals surface area (Å²) in [7, 11) is 0. The third-order valence-corrected chi connectivity index (χ3v) is 3.32. The maximum atomic E-state index is 10.9. The first-order chi connectivity index (χ1) is 9.15. The normalized spacial score (nSPS) is 17.0. The molecule has 0 saturated carbocycles. The molecule has 0 atom stereocenters. The van der Waals surface area contributed by atoms with Crippen molar-refractivity contribution in [1.29, 1.82) is 0 Å². The third-order valence-electron chi connectivity index (χ3n) is 3.32. The van der Waals surface area contributed by atoms with E-state index in [1.54, 1.807) is 12.3 Å². The molecule has 8 heteroatoms. The lowest BCUT2D eigenvalue weighted by molar-refractivity contribution is -0.383. The largest absolute Gasteiger partial charge is 0.393 e. The number of hydrogen-bond acceptors (Lipinski definition) is 6. The first-order valence-electron chi connectivity index (χ1n) is 6.07. The number of nitro groups is 1. The lowest BCUT2D eigenvalue weighted by Gasteiger charge is -2.30. The highest BCUT2D eigenvalue weighted by Crippen LogP contribution is 2.22. The summed E-state index contributed by atoms with van der Waals surface area (Å²) in [6, 6.07) is 1.78. The van der Waals surface area contributed by atoms with E-state index in [0.29, 0.717) is 31.7 Å². The van der Waals surface area contributed by atoms with Crippen LogP contribution in [0.25, 0.3) is 5.65 Å². The molecule has 1 saturated heterocycles. The van der Waals surface area contributed by atoms with Crippen molar-refractivity contribution in [1.82, 2.24) is 14.6 Å². The maximum Gasteiger partial charge on any atom is 0.333 e. The Labute approximate surface area is 108 Å². The minimum atomic E-state index is -0.487. The summed E-state index contributed by atoms with van der Waals surface area (Å²) in [4.78, 5) is 16.7. The van der Waals surface area contributed by atoms with Crippen molar-refractivity contribution in [2.75, 3.05) is 18.0 Å². The van der Waals surface area contributed by atoms with Crippen molar-refractivity contribution in [3.05, 3.63) is 28.6 Å². The van der Waals surface area contributed by atoms with Crippen LogP contribution in [0.3, 0.4) is 0 Å². The molecule has 19 heavy (non-hydrogen) atoms. The Balaban J connectivity index is 1.96. The Morgan fingerprint density at radius 3 is 2.84 bits per heavy atom. The Hall–Kier alpha value is -2.22. The molecule has 8 nitrogen and oxygen atoms in total. The van der Waals surface area contributed by atoms with Gasteiger partial charge in [-0.3, -0.25) is 10.1 Å². The van der Waals surface area contributed by atoms with E-state index < -0.39 is 4.92 Å². The van der Waals surface area contributed by atoms with Crippen molar-refractivity contribution in [3.63, 3.8) is 0 Å². The molecule has 2 aromatic heterocycles. The molecule has 0 bridgehead atoms. The van der Waals surface area contributed by atoms with Crippen LogP contribution in [0, 0.1) is 10.1 Å². The molecule has 0 radical (unpaired) electrons. The Kier molecular flexibility index (Phi) is 2.79. The zero-order chi connectivity index (χ0) is 13.4. The van der Waals surface area contributed by atoms with E-state index in [9.17, 15) is 15.2 Å². The maximum absolute atomic E-state index is 10.9. The highest BCUT2D eigenvalue weighted by Gasteiger charge is 2.21. The summed E-state index contributed by atoms with van der Waals surface area (Å²) < 4.78 is 1.39. The minimum absolute atomic E-state index is 0.0982. The van der Waals surface area contributed by atoms with Gasteiger partial charge in [0.25, 0.3) is 0 Å². The summed E-state index contributed by atoms with van der Waals surface area (Å²) >= 11 is 0. The number of piperidine rings is 1. The molecular formula is C11H13N5O3. The first-order valence-corrected chi connectivity index (χ1v) is 6.07. The number of rotatable bonds is 2. The highest BCUT2D eigenvalue weighted by molar-refractivity contribution is 5.61. The SMILES string of the molecule is O=[N+]([O-])c1cnn2ccc(N3CCC(O)CC3)nc12. The zero-order valence-corrected chi connectivity index (χ0v) is 10.1. The predicted octanol–water partition coefficient (Wildman–Crippen LogP) is 0.599. The van der Waals surface area contributed by atoms with Crippen LogP contribution in [0.4, 0.5) is 11.5 Å². The molecule has 3 heterocycles. The van der Waals surface area contributed by atoms with E-state index in [0.717, 1.165) is 0 Å². The average molecular weight is 263 g/mol. The van der Waals surface area contributed by atoms with Gasteiger partial charge in [-0.05, 0) is 18.9 Å². The molecule has 2 aromatic rings. The quantitative estimate of drug-likeness (QED) is 0.629. The van der Waals surface area contributed by atoms with Gasteiger partial charge in [0, 0.05) is 19.3 Å². The van der Waals surface area contributed by atoms with Gasteiger partial charge in [0.1, 0.15) is 12.0 Å². The van der Waals surface area contributed by atoms with Gasteiger partial charge < -0.3 is 10.0 Å². The Bertz CT molecular complexity index is 618. The van der Waals surface area contributed by atoms with E-state index in [1.165, 1.54) is 10.7 Å². The van der Waals surface area contributed by atoms with Crippen LogP contribution in [0.15, 0.2) is 18.5 Å². The van der Waals surface area contributed by atoms with Crippen LogP contribution in [-0.4, -0.2) is 43.8 Å². The Morgan fingerprint density at radius 1 is 1.42 bits per heavy atom. The average Bonchev–Trinajstić information content (AvgIpc) is 2.82. The molecule has 1 aliphatic rings. The number of hydrogen-bond donors (Lipinski definition) is 1. The minimum Gasteiger partial charge on any atom is -0.393 e. The van der Waals surface area contributed by atoms with Crippen molar-refractivity contribution in [3.8, 4) is 0 Å². The molecule has 1 aliphatic heterocycles. The van der Waals surface area contributed by atoms with Gasteiger partial charge in [-0.2, -0.15) is 5.10 Å². The van der Waals surface area contributed by atoms with Crippen LogP contribution in [0.1, 0.15) is 12.8 Å². The van der Waals surface area contributed by atoms with Gasteiger partial charge in [0.2, 0.25) is 5.65 Å². The van der Waals surface area contributed by atoms with Gasteiger partial charge in [-0.1, -0.05) is 0 Å². The molecule has 0 aromatic carbocycles. The first kappa shape index (κ1) is 11.8. The fourth-order valence-corrected chi connectivity index (χ4v) is 2.25. The Morgan fingerprint density at radius 2 is 2.16 bits per heavy atom. The molecular weight excluding hydrogens is 250 g/mol. The molecule has 0 aliphatic carbocycles. The fraction of sp³-hybridized carbons (Fsp3) is 0.455. The van der Waals surface area contributed by atoms with Gasteiger partial charge in [-0.15, -0.1) is 0 Å². The summed E-state index contributed by atoms with van der Waals surface area (Å²) in [5.74, 6) is 0.683. The molecule has 3 rings (SSSR count). The highest BCUT2D eigenvalue weighted by atomic mass is 16.6. The van der Waals surface area contributed by atoms with Crippen LogP contribution < -0.4 is 4.90 Å². The second-order valence-electron chi connectivity index (χ2n) is 4.56. The summed E-state index contributed by atoms with van der Waals surface area (Å²) in [5.41, 5.74) is 0.146. The van der Waals surface area contributed by atoms with Gasteiger partial charge in [0.05, 0.1) is 11.0 Å². The lowest BCUT2D eigenvalue weighted by atomic mass is 10.1. The van der Waals surface area contributed by atoms with E-state index in [-0.39, 0.29) is 17.4 Å². The number of aromatic nitrogens is 3.